The molecule has 1 unspecified atom stereocenters. The van der Waals surface area contributed by atoms with Gasteiger partial charge in [-0.2, -0.15) is 0 Å². The summed E-state index contributed by atoms with van der Waals surface area (Å²) in [5.41, 5.74) is 5.58. The minimum Gasteiger partial charge on any atom is -0.140 e. The molecule has 3 aromatic rings. The van der Waals surface area contributed by atoms with Crippen LogP contribution in [-0.4, -0.2) is 0 Å². The molecule has 0 fully saturated rings. The zero-order chi connectivity index (χ0) is 14.4. The Balaban J connectivity index is 1.92. The van der Waals surface area contributed by atoms with Crippen LogP contribution in [0, 0.1) is 5.92 Å². The highest BCUT2D eigenvalue weighted by Gasteiger charge is 2.19. The topological polar surface area (TPSA) is 0 Å². The highest BCUT2D eigenvalue weighted by atomic mass is 32.1. The number of benzene rings is 2. The average molecular weight is 290 g/mol. The lowest BCUT2D eigenvalue weighted by atomic mass is 9.89. The Morgan fingerprint density at radius 3 is 2.62 bits per heavy atom. The van der Waals surface area contributed by atoms with E-state index in [2.05, 4.69) is 68.5 Å². The summed E-state index contributed by atoms with van der Waals surface area (Å²) in [5, 5.41) is 1.42. The fraction of sp³-hybridized carbons (Fsp3) is 0.200. The molecule has 104 valence electrons. The molecule has 0 radical (unpaired) electrons. The lowest BCUT2D eigenvalue weighted by Gasteiger charge is -2.17. The average Bonchev–Trinajstić information content (AvgIpc) is 2.85. The third-order valence-electron chi connectivity index (χ3n) is 4.55. The molecule has 1 aliphatic rings. The van der Waals surface area contributed by atoms with Gasteiger partial charge in [-0.1, -0.05) is 55.0 Å². The van der Waals surface area contributed by atoms with E-state index in [9.17, 15) is 0 Å². The first-order valence-electron chi connectivity index (χ1n) is 7.51. The Bertz CT molecular complexity index is 837. The Kier molecular flexibility index (Phi) is 2.97. The van der Waals surface area contributed by atoms with Gasteiger partial charge in [0, 0.05) is 15.0 Å². The zero-order valence-corrected chi connectivity index (χ0v) is 13.2. The molecule has 1 aromatic heterocycles. The third kappa shape index (κ3) is 2.13. The molecule has 1 heterocycles. The molecule has 0 saturated carbocycles. The maximum absolute atomic E-state index is 2.40. The van der Waals surface area contributed by atoms with Gasteiger partial charge in [-0.05, 0) is 48.1 Å². The molecule has 4 rings (SSSR count). The van der Waals surface area contributed by atoms with E-state index in [1.165, 1.54) is 38.8 Å². The minimum absolute atomic E-state index is 0.680. The Hall–Kier alpha value is -1.86. The van der Waals surface area contributed by atoms with Crippen molar-refractivity contribution in [2.24, 2.45) is 5.92 Å². The molecular formula is C20H18S. The van der Waals surface area contributed by atoms with Crippen molar-refractivity contribution in [3.8, 4) is 11.1 Å². The normalized spacial score (nSPS) is 17.6. The molecule has 0 saturated heterocycles. The van der Waals surface area contributed by atoms with Crippen molar-refractivity contribution in [1.29, 1.82) is 0 Å². The fourth-order valence-corrected chi connectivity index (χ4v) is 4.39. The molecule has 0 spiro atoms. The van der Waals surface area contributed by atoms with Crippen LogP contribution in [0.1, 0.15) is 24.3 Å². The van der Waals surface area contributed by atoms with E-state index in [4.69, 9.17) is 0 Å². The first kappa shape index (κ1) is 12.8. The summed E-state index contributed by atoms with van der Waals surface area (Å²) < 4.78 is 1.41. The van der Waals surface area contributed by atoms with Crippen LogP contribution in [0.25, 0.3) is 27.3 Å². The maximum Gasteiger partial charge on any atom is 0.0352 e. The number of thiophene rings is 1. The van der Waals surface area contributed by atoms with Gasteiger partial charge in [-0.25, -0.2) is 0 Å². The molecule has 0 nitrogen and oxygen atoms in total. The van der Waals surface area contributed by atoms with Gasteiger partial charge in [0.15, 0.2) is 0 Å². The summed E-state index contributed by atoms with van der Waals surface area (Å²) in [7, 11) is 0. The summed E-state index contributed by atoms with van der Waals surface area (Å²) >= 11 is 1.96. The number of allylic oxidation sites excluding steroid dienone is 1. The Morgan fingerprint density at radius 1 is 1.00 bits per heavy atom. The summed E-state index contributed by atoms with van der Waals surface area (Å²) in [6, 6.07) is 17.5. The first-order chi connectivity index (χ1) is 10.2. The van der Waals surface area contributed by atoms with Crippen LogP contribution in [-0.2, 0) is 6.42 Å². The van der Waals surface area contributed by atoms with Crippen LogP contribution in [0.2, 0.25) is 0 Å². The van der Waals surface area contributed by atoms with Crippen molar-refractivity contribution < 1.29 is 0 Å². The predicted octanol–water partition coefficient (Wildman–Crippen LogP) is 6.16. The van der Waals surface area contributed by atoms with Crippen molar-refractivity contribution in [2.45, 2.75) is 20.3 Å². The number of rotatable bonds is 1. The minimum atomic E-state index is 0.680. The van der Waals surface area contributed by atoms with E-state index in [0.717, 1.165) is 0 Å². The van der Waals surface area contributed by atoms with E-state index in [1.807, 2.05) is 11.3 Å². The zero-order valence-electron chi connectivity index (χ0n) is 12.4. The predicted molar refractivity (Wildman–Crippen MR) is 93.8 cm³/mol. The lowest BCUT2D eigenvalue weighted by Crippen LogP contribution is -2.05. The second-order valence-corrected chi connectivity index (χ2v) is 7.15. The van der Waals surface area contributed by atoms with Gasteiger partial charge in [-0.15, -0.1) is 11.3 Å². The van der Waals surface area contributed by atoms with Crippen molar-refractivity contribution in [3.05, 3.63) is 64.5 Å². The first-order valence-corrected chi connectivity index (χ1v) is 8.33. The number of hydrogen-bond donors (Lipinski definition) is 0. The van der Waals surface area contributed by atoms with E-state index in [-0.39, 0.29) is 0 Å². The van der Waals surface area contributed by atoms with Crippen LogP contribution >= 0.6 is 11.3 Å². The molecule has 0 bridgehead atoms. The van der Waals surface area contributed by atoms with Gasteiger partial charge >= 0.3 is 0 Å². The summed E-state index contributed by atoms with van der Waals surface area (Å²) in [5.74, 6) is 0.680. The van der Waals surface area contributed by atoms with E-state index >= 15 is 0 Å². The molecule has 1 heteroatoms. The maximum atomic E-state index is 2.40. The molecule has 2 aromatic carbocycles. The number of hydrogen-bond acceptors (Lipinski definition) is 1. The lowest BCUT2D eigenvalue weighted by molar-refractivity contribution is 0.681. The molecule has 0 N–H and O–H groups in total. The highest BCUT2D eigenvalue weighted by Crippen LogP contribution is 2.40. The van der Waals surface area contributed by atoms with E-state index in [1.54, 1.807) is 4.88 Å². The molecular weight excluding hydrogens is 272 g/mol. The summed E-state index contributed by atoms with van der Waals surface area (Å²) in [6.07, 6.45) is 3.59. The molecule has 0 aliphatic heterocycles. The van der Waals surface area contributed by atoms with Gasteiger partial charge in [0.05, 0.1) is 0 Å². The standard InChI is InChI=1S/C20H18S/c1-13-10-17-18-12-16(15-6-4-3-5-7-15)8-9-19(18)21-20(17)11-14(13)2/h3-10,12,14H,11H2,1-2H3. The molecule has 0 amide bonds. The van der Waals surface area contributed by atoms with Crippen molar-refractivity contribution in [1.82, 2.24) is 0 Å². The molecule has 1 aliphatic carbocycles. The van der Waals surface area contributed by atoms with Crippen LogP contribution < -0.4 is 0 Å². The Morgan fingerprint density at radius 2 is 1.81 bits per heavy atom. The largest absolute Gasteiger partial charge is 0.140 e. The second kappa shape index (κ2) is 4.85. The quantitative estimate of drug-likeness (QED) is 0.503. The van der Waals surface area contributed by atoms with Crippen molar-refractivity contribution in [2.75, 3.05) is 0 Å². The third-order valence-corrected chi connectivity index (χ3v) is 5.76. The number of fused-ring (bicyclic) bond motifs is 3. The Labute approximate surface area is 129 Å². The van der Waals surface area contributed by atoms with Crippen LogP contribution in [0.3, 0.4) is 0 Å². The SMILES string of the molecule is CC1=Cc2c(sc3ccc(-c4ccccc4)cc23)CC1C. The van der Waals surface area contributed by atoms with Crippen molar-refractivity contribution >= 4 is 27.5 Å². The van der Waals surface area contributed by atoms with Gasteiger partial charge in [0.25, 0.3) is 0 Å². The smallest absolute Gasteiger partial charge is 0.0352 e. The van der Waals surface area contributed by atoms with Crippen LogP contribution in [0.4, 0.5) is 0 Å². The van der Waals surface area contributed by atoms with Gasteiger partial charge < -0.3 is 0 Å². The van der Waals surface area contributed by atoms with Gasteiger partial charge in [-0.3, -0.25) is 0 Å². The van der Waals surface area contributed by atoms with E-state index in [0.29, 0.717) is 5.92 Å². The molecule has 21 heavy (non-hydrogen) atoms. The summed E-state index contributed by atoms with van der Waals surface area (Å²) in [4.78, 5) is 1.55. The van der Waals surface area contributed by atoms with Crippen LogP contribution in [0.15, 0.2) is 54.1 Å². The second-order valence-electron chi connectivity index (χ2n) is 6.01. The van der Waals surface area contributed by atoms with Gasteiger partial charge in [0.2, 0.25) is 0 Å². The summed E-state index contributed by atoms with van der Waals surface area (Å²) in [6.45, 7) is 4.59. The van der Waals surface area contributed by atoms with Gasteiger partial charge in [0.1, 0.15) is 0 Å². The molecule has 1 atom stereocenters. The highest BCUT2D eigenvalue weighted by molar-refractivity contribution is 7.19. The van der Waals surface area contributed by atoms with Crippen LogP contribution in [0.5, 0.6) is 0 Å². The monoisotopic (exact) mass is 290 g/mol. The van der Waals surface area contributed by atoms with E-state index < -0.39 is 0 Å². The fourth-order valence-electron chi connectivity index (χ4n) is 3.10. The van der Waals surface area contributed by atoms with Crippen molar-refractivity contribution in [3.63, 3.8) is 0 Å².